The predicted molar refractivity (Wildman–Crippen MR) is 77.8 cm³/mol. The Labute approximate surface area is 117 Å². The fourth-order valence-corrected chi connectivity index (χ4v) is 3.12. The fraction of sp³-hybridized carbons (Fsp3) is 0.933. The van der Waals surface area contributed by atoms with Crippen LogP contribution in [-0.4, -0.2) is 54.0 Å². The van der Waals surface area contributed by atoms with Crippen LogP contribution in [-0.2, 0) is 4.79 Å². The van der Waals surface area contributed by atoms with Crippen LogP contribution in [0.2, 0.25) is 0 Å². The highest BCUT2D eigenvalue weighted by atomic mass is 16.2. The molecule has 19 heavy (non-hydrogen) atoms. The van der Waals surface area contributed by atoms with E-state index >= 15 is 0 Å². The van der Waals surface area contributed by atoms with Crippen molar-refractivity contribution in [2.45, 2.75) is 58.0 Å². The molecule has 0 aromatic heterocycles. The van der Waals surface area contributed by atoms with Crippen LogP contribution in [0.15, 0.2) is 0 Å². The van der Waals surface area contributed by atoms with E-state index in [9.17, 15) is 4.79 Å². The number of likely N-dealkylation sites (tertiary alicyclic amines) is 2. The summed E-state index contributed by atoms with van der Waals surface area (Å²) in [5, 5.41) is 0. The first-order chi connectivity index (χ1) is 9.10. The molecule has 2 aliphatic rings. The molecule has 110 valence electrons. The Kier molecular flexibility index (Phi) is 5.22. The maximum absolute atomic E-state index is 12.2. The molecule has 2 aliphatic heterocycles. The lowest BCUT2D eigenvalue weighted by Crippen LogP contribution is -2.46. The minimum Gasteiger partial charge on any atom is -0.341 e. The molecule has 1 amide bonds. The lowest BCUT2D eigenvalue weighted by atomic mass is 10.0. The van der Waals surface area contributed by atoms with Crippen LogP contribution in [0.3, 0.4) is 0 Å². The van der Waals surface area contributed by atoms with Crippen LogP contribution in [0, 0.1) is 5.92 Å². The fourth-order valence-electron chi connectivity index (χ4n) is 3.12. The van der Waals surface area contributed by atoms with Crippen LogP contribution in [0.1, 0.15) is 46.0 Å². The van der Waals surface area contributed by atoms with Gasteiger partial charge in [0.05, 0.1) is 0 Å². The smallest absolute Gasteiger partial charge is 0.222 e. The molecule has 0 radical (unpaired) electrons. The highest BCUT2D eigenvalue weighted by Gasteiger charge is 2.31. The predicted octanol–water partition coefficient (Wildman–Crippen LogP) is 1.45. The molecule has 0 aliphatic carbocycles. The lowest BCUT2D eigenvalue weighted by molar-refractivity contribution is -0.131. The van der Waals surface area contributed by atoms with E-state index in [1.54, 1.807) is 0 Å². The van der Waals surface area contributed by atoms with E-state index < -0.39 is 0 Å². The number of hydrogen-bond donors (Lipinski definition) is 1. The van der Waals surface area contributed by atoms with Crippen molar-refractivity contribution < 1.29 is 4.79 Å². The normalized spacial score (nSPS) is 27.7. The molecule has 0 aromatic carbocycles. The van der Waals surface area contributed by atoms with Crippen molar-refractivity contribution in [3.05, 3.63) is 0 Å². The summed E-state index contributed by atoms with van der Waals surface area (Å²) in [6.07, 6.45) is 5.16. The molecule has 2 saturated heterocycles. The van der Waals surface area contributed by atoms with Crippen LogP contribution >= 0.6 is 0 Å². The number of hydrogen-bond acceptors (Lipinski definition) is 3. The molecule has 2 heterocycles. The Morgan fingerprint density at radius 2 is 1.95 bits per heavy atom. The van der Waals surface area contributed by atoms with E-state index in [-0.39, 0.29) is 0 Å². The van der Waals surface area contributed by atoms with Crippen molar-refractivity contribution in [2.75, 3.05) is 26.2 Å². The molecule has 0 spiro atoms. The molecule has 0 bridgehead atoms. The highest BCUT2D eigenvalue weighted by Crippen LogP contribution is 2.21. The van der Waals surface area contributed by atoms with Gasteiger partial charge in [-0.15, -0.1) is 0 Å². The Bertz CT molecular complexity index is 300. The topological polar surface area (TPSA) is 49.6 Å². The van der Waals surface area contributed by atoms with Gasteiger partial charge in [-0.3, -0.25) is 9.69 Å². The van der Waals surface area contributed by atoms with Gasteiger partial charge in [-0.05, 0) is 38.3 Å². The first kappa shape index (κ1) is 14.8. The minimum atomic E-state index is 0.352. The van der Waals surface area contributed by atoms with Crippen molar-refractivity contribution >= 4 is 5.91 Å². The molecule has 4 heteroatoms. The number of carbonyl (C=O) groups is 1. The Morgan fingerprint density at radius 3 is 2.58 bits per heavy atom. The zero-order valence-corrected chi connectivity index (χ0v) is 12.5. The van der Waals surface area contributed by atoms with Crippen molar-refractivity contribution in [1.82, 2.24) is 9.80 Å². The molecular formula is C15H29N3O. The summed E-state index contributed by atoms with van der Waals surface area (Å²) < 4.78 is 0. The van der Waals surface area contributed by atoms with Crippen molar-refractivity contribution in [3.63, 3.8) is 0 Å². The molecule has 2 fully saturated rings. The van der Waals surface area contributed by atoms with Gasteiger partial charge in [0.25, 0.3) is 0 Å². The third-order valence-electron chi connectivity index (χ3n) is 4.83. The second-order valence-electron chi connectivity index (χ2n) is 6.37. The summed E-state index contributed by atoms with van der Waals surface area (Å²) in [7, 11) is 0. The summed E-state index contributed by atoms with van der Waals surface area (Å²) >= 11 is 0. The first-order valence-corrected chi connectivity index (χ1v) is 7.87. The van der Waals surface area contributed by atoms with Gasteiger partial charge < -0.3 is 10.6 Å². The van der Waals surface area contributed by atoms with Crippen molar-refractivity contribution in [1.29, 1.82) is 0 Å². The van der Waals surface area contributed by atoms with E-state index in [1.165, 1.54) is 0 Å². The molecule has 2 N–H and O–H groups in total. The second kappa shape index (κ2) is 6.71. The van der Waals surface area contributed by atoms with Crippen LogP contribution in [0.5, 0.6) is 0 Å². The molecule has 4 nitrogen and oxygen atoms in total. The van der Waals surface area contributed by atoms with Gasteiger partial charge in [0.15, 0.2) is 0 Å². The molecule has 0 saturated carbocycles. The van der Waals surface area contributed by atoms with E-state index in [4.69, 9.17) is 5.73 Å². The average Bonchev–Trinajstić information content (AvgIpc) is 2.89. The number of piperidine rings is 1. The summed E-state index contributed by atoms with van der Waals surface area (Å²) in [6.45, 7) is 8.42. The number of nitrogens with zero attached hydrogens (tertiary/aromatic N) is 2. The van der Waals surface area contributed by atoms with Crippen LogP contribution in [0.4, 0.5) is 0 Å². The average molecular weight is 267 g/mol. The molecule has 2 atom stereocenters. The Balaban J connectivity index is 1.78. The van der Waals surface area contributed by atoms with Gasteiger partial charge in [-0.1, -0.05) is 20.3 Å². The summed E-state index contributed by atoms with van der Waals surface area (Å²) in [4.78, 5) is 16.8. The van der Waals surface area contributed by atoms with Gasteiger partial charge >= 0.3 is 0 Å². The van der Waals surface area contributed by atoms with Crippen LogP contribution in [0.25, 0.3) is 0 Å². The van der Waals surface area contributed by atoms with E-state index in [1.807, 2.05) is 0 Å². The largest absolute Gasteiger partial charge is 0.341 e. The maximum Gasteiger partial charge on any atom is 0.222 e. The van der Waals surface area contributed by atoms with Crippen molar-refractivity contribution in [3.8, 4) is 0 Å². The number of carbonyl (C=O) groups excluding carboxylic acids is 1. The molecule has 2 unspecified atom stereocenters. The SMILES string of the molecule is CCC(C)CC(=O)N1CCC(N2CCC(N)CC2)C1. The van der Waals surface area contributed by atoms with Crippen molar-refractivity contribution in [2.24, 2.45) is 11.7 Å². The zero-order chi connectivity index (χ0) is 13.8. The van der Waals surface area contributed by atoms with Gasteiger partial charge in [0.1, 0.15) is 0 Å². The van der Waals surface area contributed by atoms with E-state index in [0.717, 1.165) is 51.9 Å². The Hall–Kier alpha value is -0.610. The number of nitrogens with two attached hydrogens (primary N) is 1. The summed E-state index contributed by atoms with van der Waals surface area (Å²) in [5.74, 6) is 0.866. The Morgan fingerprint density at radius 1 is 1.26 bits per heavy atom. The van der Waals surface area contributed by atoms with Gasteiger partial charge in [0.2, 0.25) is 5.91 Å². The maximum atomic E-state index is 12.2. The zero-order valence-electron chi connectivity index (χ0n) is 12.5. The molecule has 0 aromatic rings. The van der Waals surface area contributed by atoms with E-state index in [2.05, 4.69) is 23.6 Å². The first-order valence-electron chi connectivity index (χ1n) is 7.87. The minimum absolute atomic E-state index is 0.352. The quantitative estimate of drug-likeness (QED) is 0.838. The lowest BCUT2D eigenvalue weighted by Gasteiger charge is -2.34. The van der Waals surface area contributed by atoms with Gasteiger partial charge in [-0.2, -0.15) is 0 Å². The van der Waals surface area contributed by atoms with E-state index in [0.29, 0.717) is 30.3 Å². The van der Waals surface area contributed by atoms with Gasteiger partial charge in [0, 0.05) is 31.6 Å². The molecule has 2 rings (SSSR count). The third-order valence-corrected chi connectivity index (χ3v) is 4.83. The third kappa shape index (κ3) is 3.93. The summed E-state index contributed by atoms with van der Waals surface area (Å²) in [5.41, 5.74) is 5.95. The standard InChI is InChI=1S/C15H29N3O/c1-3-12(2)10-15(19)18-9-6-14(11-18)17-7-4-13(16)5-8-17/h12-14H,3-11,16H2,1-2H3. The number of amides is 1. The second-order valence-corrected chi connectivity index (χ2v) is 6.37. The summed E-state index contributed by atoms with van der Waals surface area (Å²) in [6, 6.07) is 0.967. The van der Waals surface area contributed by atoms with Crippen LogP contribution < -0.4 is 5.73 Å². The van der Waals surface area contributed by atoms with Gasteiger partial charge in [-0.25, -0.2) is 0 Å². The number of rotatable bonds is 4. The highest BCUT2D eigenvalue weighted by molar-refractivity contribution is 5.76. The molecular weight excluding hydrogens is 238 g/mol. The monoisotopic (exact) mass is 267 g/mol.